The molecule has 0 radical (unpaired) electrons. The molecule has 0 aliphatic heterocycles. The second-order valence-corrected chi connectivity index (χ2v) is 5.37. The van der Waals surface area contributed by atoms with Crippen molar-refractivity contribution >= 4 is 23.4 Å². The Balaban J connectivity index is 1.98. The molecule has 1 amide bonds. The van der Waals surface area contributed by atoms with Gasteiger partial charge >= 0.3 is 0 Å². The van der Waals surface area contributed by atoms with Crippen LogP contribution >= 0.6 is 11.8 Å². The molecule has 0 saturated heterocycles. The van der Waals surface area contributed by atoms with Crippen molar-refractivity contribution in [2.24, 2.45) is 5.41 Å². The Labute approximate surface area is 106 Å². The molecule has 0 spiro atoms. The van der Waals surface area contributed by atoms with Gasteiger partial charge < -0.3 is 10.6 Å². The van der Waals surface area contributed by atoms with Gasteiger partial charge in [0.25, 0.3) is 0 Å². The van der Waals surface area contributed by atoms with Crippen molar-refractivity contribution in [3.05, 3.63) is 24.3 Å². The number of amides is 1. The number of hydrogen-bond acceptors (Lipinski definition) is 3. The first-order valence-corrected chi connectivity index (χ1v) is 7.03. The van der Waals surface area contributed by atoms with Gasteiger partial charge in [-0.15, -0.1) is 11.8 Å². The van der Waals surface area contributed by atoms with E-state index in [2.05, 4.69) is 10.6 Å². The number of nitrogens with one attached hydrogen (secondary N) is 2. The minimum atomic E-state index is -0.160. The van der Waals surface area contributed by atoms with Crippen LogP contribution in [-0.4, -0.2) is 25.8 Å². The van der Waals surface area contributed by atoms with Crippen molar-refractivity contribution in [3.8, 4) is 0 Å². The Morgan fingerprint density at radius 2 is 2.00 bits per heavy atom. The van der Waals surface area contributed by atoms with E-state index in [1.54, 1.807) is 11.8 Å². The van der Waals surface area contributed by atoms with Crippen molar-refractivity contribution in [2.75, 3.05) is 25.2 Å². The topological polar surface area (TPSA) is 41.1 Å². The van der Waals surface area contributed by atoms with Gasteiger partial charge in [0.05, 0.1) is 5.41 Å². The Hall–Kier alpha value is -1.00. The van der Waals surface area contributed by atoms with E-state index in [0.717, 1.165) is 25.1 Å². The maximum Gasteiger partial charge on any atom is 0.231 e. The zero-order valence-corrected chi connectivity index (χ0v) is 11.1. The molecule has 3 nitrogen and oxygen atoms in total. The predicted molar refractivity (Wildman–Crippen MR) is 72.4 cm³/mol. The van der Waals surface area contributed by atoms with Crippen LogP contribution in [0.15, 0.2) is 29.2 Å². The fourth-order valence-electron chi connectivity index (χ4n) is 1.91. The van der Waals surface area contributed by atoms with Gasteiger partial charge in [-0.2, -0.15) is 0 Å². The largest absolute Gasteiger partial charge is 0.326 e. The van der Waals surface area contributed by atoms with Gasteiger partial charge in [0.1, 0.15) is 0 Å². The Bertz CT molecular complexity index is 398. The predicted octanol–water partition coefficient (Wildman–Crippen LogP) is 2.35. The molecule has 0 heterocycles. The number of carbonyl (C=O) groups excluding carboxylic acids is 1. The average molecular weight is 250 g/mol. The highest BCUT2D eigenvalue weighted by molar-refractivity contribution is 7.98. The first-order valence-electron chi connectivity index (χ1n) is 5.80. The normalized spacial score (nSPS) is 16.6. The zero-order valence-electron chi connectivity index (χ0n) is 10.2. The van der Waals surface area contributed by atoms with Crippen molar-refractivity contribution < 1.29 is 4.79 Å². The molecule has 1 aliphatic rings. The lowest BCUT2D eigenvalue weighted by molar-refractivity contribution is -0.120. The van der Waals surface area contributed by atoms with E-state index < -0.39 is 0 Å². The molecule has 0 unspecified atom stereocenters. The van der Waals surface area contributed by atoms with Gasteiger partial charge in [-0.05, 0) is 50.4 Å². The summed E-state index contributed by atoms with van der Waals surface area (Å²) < 4.78 is 0. The van der Waals surface area contributed by atoms with E-state index in [-0.39, 0.29) is 11.3 Å². The van der Waals surface area contributed by atoms with Crippen LogP contribution in [0.4, 0.5) is 5.69 Å². The quantitative estimate of drug-likeness (QED) is 0.788. The molecule has 1 fully saturated rings. The summed E-state index contributed by atoms with van der Waals surface area (Å²) in [5, 5.41) is 6.08. The number of thioether (sulfide) groups is 1. The number of rotatable bonds is 5. The summed E-state index contributed by atoms with van der Waals surface area (Å²) in [5.74, 6) is 0.142. The van der Waals surface area contributed by atoms with Gasteiger partial charge in [-0.25, -0.2) is 0 Å². The van der Waals surface area contributed by atoms with Crippen molar-refractivity contribution in [2.45, 2.75) is 17.7 Å². The van der Waals surface area contributed by atoms with E-state index >= 15 is 0 Å². The molecule has 17 heavy (non-hydrogen) atoms. The van der Waals surface area contributed by atoms with Gasteiger partial charge in [0.2, 0.25) is 5.91 Å². The van der Waals surface area contributed by atoms with Crippen molar-refractivity contribution in [1.29, 1.82) is 0 Å². The molecule has 4 heteroatoms. The Morgan fingerprint density at radius 1 is 1.35 bits per heavy atom. The molecule has 1 saturated carbocycles. The monoisotopic (exact) mass is 250 g/mol. The first kappa shape index (κ1) is 12.5. The molecule has 2 N–H and O–H groups in total. The number of carbonyl (C=O) groups is 1. The lowest BCUT2D eigenvalue weighted by Crippen LogP contribution is -2.32. The minimum Gasteiger partial charge on any atom is -0.326 e. The van der Waals surface area contributed by atoms with Gasteiger partial charge in [-0.1, -0.05) is 0 Å². The van der Waals surface area contributed by atoms with Crippen LogP contribution in [0.3, 0.4) is 0 Å². The van der Waals surface area contributed by atoms with Crippen LogP contribution in [-0.2, 0) is 4.79 Å². The molecule has 92 valence electrons. The summed E-state index contributed by atoms with van der Waals surface area (Å²) in [6.45, 7) is 0.766. The molecule has 1 aliphatic carbocycles. The second kappa shape index (κ2) is 5.10. The standard InChI is InChI=1S/C13H18N2OS/c1-14-9-13(7-8-13)12(16)15-10-3-5-11(17-2)6-4-10/h3-6,14H,7-9H2,1-2H3,(H,15,16). The van der Waals surface area contributed by atoms with Crippen LogP contribution in [0.2, 0.25) is 0 Å². The number of hydrogen-bond donors (Lipinski definition) is 2. The third-order valence-corrected chi connectivity index (χ3v) is 3.94. The summed E-state index contributed by atoms with van der Waals surface area (Å²) in [6, 6.07) is 7.97. The smallest absolute Gasteiger partial charge is 0.231 e. The van der Waals surface area contributed by atoms with Crippen LogP contribution in [0, 0.1) is 5.41 Å². The molecule has 0 aromatic heterocycles. The average Bonchev–Trinajstić information content (AvgIpc) is 3.12. The highest BCUT2D eigenvalue weighted by atomic mass is 32.2. The Kier molecular flexibility index (Phi) is 3.74. The Morgan fingerprint density at radius 3 is 2.47 bits per heavy atom. The summed E-state index contributed by atoms with van der Waals surface area (Å²) in [6.07, 6.45) is 4.02. The lowest BCUT2D eigenvalue weighted by Gasteiger charge is -2.14. The molecular formula is C13H18N2OS. The van der Waals surface area contributed by atoms with Crippen molar-refractivity contribution in [3.63, 3.8) is 0 Å². The fraction of sp³-hybridized carbons (Fsp3) is 0.462. The van der Waals surface area contributed by atoms with Crippen LogP contribution in [0.25, 0.3) is 0 Å². The molecule has 2 rings (SSSR count). The van der Waals surface area contributed by atoms with Crippen LogP contribution in [0.1, 0.15) is 12.8 Å². The van der Waals surface area contributed by atoms with E-state index in [0.29, 0.717) is 0 Å². The molecule has 1 aromatic rings. The third kappa shape index (κ3) is 2.82. The molecule has 0 atom stereocenters. The second-order valence-electron chi connectivity index (χ2n) is 4.49. The van der Waals surface area contributed by atoms with Crippen LogP contribution in [0.5, 0.6) is 0 Å². The third-order valence-electron chi connectivity index (χ3n) is 3.20. The van der Waals surface area contributed by atoms with E-state index in [1.807, 2.05) is 37.6 Å². The zero-order chi connectivity index (χ0) is 12.3. The fourth-order valence-corrected chi connectivity index (χ4v) is 2.32. The van der Waals surface area contributed by atoms with E-state index in [4.69, 9.17) is 0 Å². The van der Waals surface area contributed by atoms with Gasteiger partial charge in [0, 0.05) is 17.1 Å². The maximum absolute atomic E-state index is 12.1. The van der Waals surface area contributed by atoms with Crippen LogP contribution < -0.4 is 10.6 Å². The highest BCUT2D eigenvalue weighted by Crippen LogP contribution is 2.45. The lowest BCUT2D eigenvalue weighted by atomic mass is 10.1. The summed E-state index contributed by atoms with van der Waals surface area (Å²) >= 11 is 1.70. The minimum absolute atomic E-state index is 0.142. The summed E-state index contributed by atoms with van der Waals surface area (Å²) in [5.41, 5.74) is 0.725. The first-order chi connectivity index (χ1) is 8.20. The van der Waals surface area contributed by atoms with Gasteiger partial charge in [-0.3, -0.25) is 4.79 Å². The summed E-state index contributed by atoms with van der Waals surface area (Å²) in [7, 11) is 1.89. The van der Waals surface area contributed by atoms with Crippen molar-refractivity contribution in [1.82, 2.24) is 5.32 Å². The maximum atomic E-state index is 12.1. The van der Waals surface area contributed by atoms with Gasteiger partial charge in [0.15, 0.2) is 0 Å². The number of anilines is 1. The summed E-state index contributed by atoms with van der Waals surface area (Å²) in [4.78, 5) is 13.3. The molecule has 1 aromatic carbocycles. The highest BCUT2D eigenvalue weighted by Gasteiger charge is 2.49. The van der Waals surface area contributed by atoms with E-state index in [9.17, 15) is 4.79 Å². The van der Waals surface area contributed by atoms with E-state index in [1.165, 1.54) is 4.90 Å². The molecule has 0 bridgehead atoms. The number of benzene rings is 1. The SMILES string of the molecule is CNCC1(C(=O)Nc2ccc(SC)cc2)CC1. The molecular weight excluding hydrogens is 232 g/mol.